The molecule has 4 rings (SSSR count). The largest absolute Gasteiger partial charge is 0.497 e. The number of nitrogens with zero attached hydrogens (tertiary/aromatic N) is 1. The van der Waals surface area contributed by atoms with E-state index >= 15 is 0 Å². The van der Waals surface area contributed by atoms with Crippen molar-refractivity contribution in [2.75, 3.05) is 30.5 Å². The standard InChI is InChI=1S/C32H34ClF3N2O5S/c1-31(2,3)43-28(39)6-5-15-42-25-17-23(16-24(18-25)41-4)37-29(21-7-10-22(33)11-8-21)30(40)38-14-13-20-9-12-26(19-27(20)38)44-32(34,35)36/h7-12,16-19,29,37H,5-6,13-15H2,1-4H3. The Morgan fingerprint density at radius 1 is 1.02 bits per heavy atom. The van der Waals surface area contributed by atoms with Crippen molar-refractivity contribution in [1.82, 2.24) is 0 Å². The normalized spacial score (nSPS) is 13.7. The maximum absolute atomic E-state index is 14.1. The Morgan fingerprint density at radius 2 is 1.73 bits per heavy atom. The summed E-state index contributed by atoms with van der Waals surface area (Å²) in [6.45, 7) is 5.99. The van der Waals surface area contributed by atoms with Crippen molar-refractivity contribution in [3.05, 3.63) is 76.8 Å². The number of amides is 1. The van der Waals surface area contributed by atoms with Crippen LogP contribution in [0.3, 0.4) is 0 Å². The van der Waals surface area contributed by atoms with E-state index in [-0.39, 0.29) is 41.6 Å². The maximum Gasteiger partial charge on any atom is 0.446 e. The molecule has 44 heavy (non-hydrogen) atoms. The molecular formula is C32H34ClF3N2O5S. The summed E-state index contributed by atoms with van der Waals surface area (Å²) in [7, 11) is 1.50. The fraction of sp³-hybridized carbons (Fsp3) is 0.375. The third kappa shape index (κ3) is 9.46. The SMILES string of the molecule is COc1cc(NC(C(=O)N2CCc3ccc(SC(F)(F)F)cc32)c2ccc(Cl)cc2)cc(OCCCC(=O)OC(C)(C)C)c1. The molecular weight excluding hydrogens is 617 g/mol. The number of methoxy groups -OCH3 is 1. The van der Waals surface area contributed by atoms with Crippen LogP contribution in [0.25, 0.3) is 0 Å². The molecule has 1 atom stereocenters. The van der Waals surface area contributed by atoms with Crippen LogP contribution in [0.2, 0.25) is 5.02 Å². The van der Waals surface area contributed by atoms with Crippen LogP contribution in [-0.2, 0) is 20.7 Å². The second kappa shape index (κ2) is 14.0. The minimum absolute atomic E-state index is 0.00760. The molecule has 0 fully saturated rings. The van der Waals surface area contributed by atoms with E-state index in [1.165, 1.54) is 24.1 Å². The Kier molecular flexibility index (Phi) is 10.6. The average Bonchev–Trinajstić information content (AvgIpc) is 3.35. The second-order valence-corrected chi connectivity index (χ2v) is 12.7. The number of fused-ring (bicyclic) bond motifs is 1. The van der Waals surface area contributed by atoms with Gasteiger partial charge >= 0.3 is 11.5 Å². The van der Waals surface area contributed by atoms with Crippen LogP contribution in [0.15, 0.2) is 65.6 Å². The third-order valence-corrected chi connectivity index (χ3v) is 7.52. The van der Waals surface area contributed by atoms with Crippen molar-refractivity contribution >= 4 is 46.6 Å². The highest BCUT2D eigenvalue weighted by Crippen LogP contribution is 2.41. The molecule has 0 aromatic heterocycles. The molecule has 0 spiro atoms. The number of anilines is 2. The molecule has 1 N–H and O–H groups in total. The molecule has 12 heteroatoms. The number of halogens is 4. The number of hydrogen-bond acceptors (Lipinski definition) is 7. The number of alkyl halides is 3. The number of ether oxygens (including phenoxy) is 3. The first kappa shape index (κ1) is 33.3. The summed E-state index contributed by atoms with van der Waals surface area (Å²) in [5.74, 6) is 0.271. The van der Waals surface area contributed by atoms with Crippen molar-refractivity contribution in [2.45, 2.75) is 62.1 Å². The Labute approximate surface area is 264 Å². The fourth-order valence-electron chi connectivity index (χ4n) is 4.71. The van der Waals surface area contributed by atoms with Gasteiger partial charge in [0.25, 0.3) is 5.91 Å². The van der Waals surface area contributed by atoms with Gasteiger partial charge in [0.1, 0.15) is 23.1 Å². The van der Waals surface area contributed by atoms with Gasteiger partial charge in [0.2, 0.25) is 0 Å². The van der Waals surface area contributed by atoms with E-state index in [0.29, 0.717) is 52.8 Å². The summed E-state index contributed by atoms with van der Waals surface area (Å²) in [6, 6.07) is 15.4. The van der Waals surface area contributed by atoms with E-state index in [1.54, 1.807) is 69.3 Å². The van der Waals surface area contributed by atoms with E-state index < -0.39 is 17.2 Å². The maximum atomic E-state index is 14.1. The predicted octanol–water partition coefficient (Wildman–Crippen LogP) is 8.20. The zero-order valence-corrected chi connectivity index (χ0v) is 26.4. The lowest BCUT2D eigenvalue weighted by Crippen LogP contribution is -2.37. The summed E-state index contributed by atoms with van der Waals surface area (Å²) in [5, 5.41) is 3.76. The van der Waals surface area contributed by atoms with Crippen molar-refractivity contribution in [1.29, 1.82) is 0 Å². The summed E-state index contributed by atoms with van der Waals surface area (Å²) < 4.78 is 55.9. The minimum Gasteiger partial charge on any atom is -0.497 e. The molecule has 0 saturated carbocycles. The van der Waals surface area contributed by atoms with Gasteiger partial charge in [-0.15, -0.1) is 0 Å². The molecule has 1 aliphatic rings. The molecule has 1 unspecified atom stereocenters. The zero-order valence-electron chi connectivity index (χ0n) is 24.8. The lowest BCUT2D eigenvalue weighted by molar-refractivity contribution is -0.155. The van der Waals surface area contributed by atoms with E-state index in [4.69, 9.17) is 25.8 Å². The third-order valence-electron chi connectivity index (χ3n) is 6.54. The molecule has 0 bridgehead atoms. The molecule has 3 aromatic rings. The number of thioether (sulfide) groups is 1. The van der Waals surface area contributed by atoms with Gasteiger partial charge in [-0.3, -0.25) is 9.59 Å². The van der Waals surface area contributed by atoms with Crippen molar-refractivity contribution in [3.63, 3.8) is 0 Å². The second-order valence-electron chi connectivity index (χ2n) is 11.1. The number of rotatable bonds is 11. The number of carbonyl (C=O) groups excluding carboxylic acids is 2. The predicted molar refractivity (Wildman–Crippen MR) is 166 cm³/mol. The average molecular weight is 651 g/mol. The van der Waals surface area contributed by atoms with Crippen molar-refractivity contribution < 1.29 is 37.0 Å². The first-order chi connectivity index (χ1) is 20.7. The lowest BCUT2D eigenvalue weighted by atomic mass is 10.0. The molecule has 7 nitrogen and oxygen atoms in total. The number of esters is 1. The minimum atomic E-state index is -4.45. The van der Waals surface area contributed by atoms with Crippen LogP contribution >= 0.6 is 23.4 Å². The van der Waals surface area contributed by atoms with E-state index in [2.05, 4.69) is 5.32 Å². The summed E-state index contributed by atoms with van der Waals surface area (Å²) in [4.78, 5) is 27.6. The van der Waals surface area contributed by atoms with Crippen LogP contribution in [0.5, 0.6) is 11.5 Å². The molecule has 1 amide bonds. The van der Waals surface area contributed by atoms with Gasteiger partial charge < -0.3 is 24.4 Å². The van der Waals surface area contributed by atoms with Crippen molar-refractivity contribution in [2.24, 2.45) is 0 Å². The van der Waals surface area contributed by atoms with E-state index in [0.717, 1.165) is 5.56 Å². The van der Waals surface area contributed by atoms with Gasteiger partial charge in [0.15, 0.2) is 0 Å². The van der Waals surface area contributed by atoms with E-state index in [9.17, 15) is 22.8 Å². The van der Waals surface area contributed by atoms with Gasteiger partial charge in [-0.05, 0) is 80.8 Å². The number of carbonyl (C=O) groups is 2. The summed E-state index contributed by atoms with van der Waals surface area (Å²) in [6.07, 6.45) is 1.15. The first-order valence-corrected chi connectivity index (χ1v) is 15.2. The summed E-state index contributed by atoms with van der Waals surface area (Å²) >= 11 is 5.91. The molecule has 0 radical (unpaired) electrons. The topological polar surface area (TPSA) is 77.1 Å². The molecule has 1 aliphatic heterocycles. The van der Waals surface area contributed by atoms with E-state index in [1.807, 2.05) is 0 Å². The smallest absolute Gasteiger partial charge is 0.446 e. The quantitative estimate of drug-likeness (QED) is 0.127. The first-order valence-electron chi connectivity index (χ1n) is 14.0. The van der Waals surface area contributed by atoms with Gasteiger partial charge in [-0.1, -0.05) is 29.8 Å². The molecule has 0 saturated heterocycles. The van der Waals surface area contributed by atoms with Gasteiger partial charge in [-0.25, -0.2) is 0 Å². The highest BCUT2D eigenvalue weighted by Gasteiger charge is 2.34. The number of hydrogen-bond donors (Lipinski definition) is 1. The molecule has 3 aromatic carbocycles. The number of benzene rings is 3. The molecule has 236 valence electrons. The highest BCUT2D eigenvalue weighted by atomic mass is 35.5. The Balaban J connectivity index is 1.56. The number of nitrogens with one attached hydrogen (secondary N) is 1. The van der Waals surface area contributed by atoms with Crippen LogP contribution in [0, 0.1) is 0 Å². The highest BCUT2D eigenvalue weighted by molar-refractivity contribution is 8.00. The van der Waals surface area contributed by atoms with Gasteiger partial charge in [0, 0.05) is 52.5 Å². The molecule has 1 heterocycles. The van der Waals surface area contributed by atoms with Crippen molar-refractivity contribution in [3.8, 4) is 11.5 Å². The zero-order chi connectivity index (χ0) is 32.1. The monoisotopic (exact) mass is 650 g/mol. The lowest BCUT2D eigenvalue weighted by Gasteiger charge is -2.27. The Morgan fingerprint density at radius 3 is 2.39 bits per heavy atom. The Hall–Kier alpha value is -3.57. The fourth-order valence-corrected chi connectivity index (χ4v) is 5.41. The van der Waals surface area contributed by atoms with Gasteiger partial charge in [-0.2, -0.15) is 13.2 Å². The van der Waals surface area contributed by atoms with Crippen LogP contribution < -0.4 is 19.7 Å². The summed E-state index contributed by atoms with van der Waals surface area (Å²) in [5.41, 5.74) is -2.65. The van der Waals surface area contributed by atoms with Gasteiger partial charge in [0.05, 0.1) is 13.7 Å². The van der Waals surface area contributed by atoms with Crippen LogP contribution in [0.1, 0.15) is 50.8 Å². The van der Waals surface area contributed by atoms with Crippen LogP contribution in [-0.4, -0.2) is 43.2 Å². The van der Waals surface area contributed by atoms with Crippen LogP contribution in [0.4, 0.5) is 24.5 Å². The molecule has 0 aliphatic carbocycles. The Bertz CT molecular complexity index is 1480.